The Morgan fingerprint density at radius 2 is 1.84 bits per heavy atom. The fourth-order valence-electron chi connectivity index (χ4n) is 4.46. The molecule has 0 radical (unpaired) electrons. The average Bonchev–Trinajstić information content (AvgIpc) is 2.74. The molecule has 7 nitrogen and oxygen atoms in total. The molecule has 1 aromatic carbocycles. The molecular weight excluding hydrogens is 419 g/mol. The second-order valence-electron chi connectivity index (χ2n) is 7.81. The Morgan fingerprint density at radius 1 is 1.13 bits per heavy atom. The number of fused-ring (bicyclic) bond motifs is 1. The molecule has 0 aromatic heterocycles. The third-order valence-corrected chi connectivity index (χ3v) is 7.31. The Morgan fingerprint density at radius 3 is 2.52 bits per heavy atom. The Hall–Kier alpha value is -1.95. The molecule has 0 saturated heterocycles. The maximum Gasteiger partial charge on any atom is 0.529 e. The standard InChI is InChI=1S/C23H31O7P/c1-3-28-31(26,29-4-2)30-20-15-18-11-8-12-21(24)22(18)19(16-20)13-14-27-23(25)17-9-6-5-7-10-17/h5-7,9-10,16,18-19,22H,3-4,8,11-15H2,1-2H3. The number of hydrogen-bond acceptors (Lipinski definition) is 7. The molecule has 0 spiro atoms. The van der Waals surface area contributed by atoms with Gasteiger partial charge in [0.05, 0.1) is 25.4 Å². The predicted octanol–water partition coefficient (Wildman–Crippen LogP) is 5.32. The smallest absolute Gasteiger partial charge is 0.462 e. The third kappa shape index (κ3) is 6.28. The Kier molecular flexibility index (Phi) is 8.47. The Balaban J connectivity index is 1.71. The van der Waals surface area contributed by atoms with E-state index in [9.17, 15) is 14.2 Å². The highest BCUT2D eigenvalue weighted by Gasteiger charge is 2.42. The zero-order valence-electron chi connectivity index (χ0n) is 18.2. The molecular formula is C23H31O7P. The van der Waals surface area contributed by atoms with Crippen LogP contribution in [0.5, 0.6) is 0 Å². The minimum atomic E-state index is -3.70. The van der Waals surface area contributed by atoms with Crippen LogP contribution in [-0.4, -0.2) is 31.6 Å². The summed E-state index contributed by atoms with van der Waals surface area (Å²) in [5.74, 6) is 0.217. The second kappa shape index (κ2) is 11.1. The Labute approximate surface area is 183 Å². The van der Waals surface area contributed by atoms with Crippen LogP contribution in [-0.2, 0) is 27.7 Å². The van der Waals surface area contributed by atoms with Gasteiger partial charge < -0.3 is 9.26 Å². The van der Waals surface area contributed by atoms with Gasteiger partial charge in [0, 0.05) is 18.8 Å². The molecule has 3 atom stereocenters. The van der Waals surface area contributed by atoms with Crippen molar-refractivity contribution in [1.29, 1.82) is 0 Å². The van der Waals surface area contributed by atoms with Crippen LogP contribution in [0.3, 0.4) is 0 Å². The molecule has 3 unspecified atom stereocenters. The summed E-state index contributed by atoms with van der Waals surface area (Å²) in [7, 11) is -3.70. The summed E-state index contributed by atoms with van der Waals surface area (Å²) >= 11 is 0. The van der Waals surface area contributed by atoms with Crippen molar-refractivity contribution in [2.75, 3.05) is 19.8 Å². The number of allylic oxidation sites excluding steroid dienone is 2. The predicted molar refractivity (Wildman–Crippen MR) is 115 cm³/mol. The molecule has 0 heterocycles. The molecule has 1 saturated carbocycles. The maximum atomic E-state index is 12.8. The fourth-order valence-corrected chi connectivity index (χ4v) is 5.69. The first-order chi connectivity index (χ1) is 15.0. The van der Waals surface area contributed by atoms with Crippen LogP contribution in [0.4, 0.5) is 0 Å². The molecule has 2 aliphatic rings. The maximum absolute atomic E-state index is 12.8. The summed E-state index contributed by atoms with van der Waals surface area (Å²) in [6.45, 7) is 4.04. The third-order valence-electron chi connectivity index (χ3n) is 5.70. The van der Waals surface area contributed by atoms with Gasteiger partial charge in [0.2, 0.25) is 0 Å². The van der Waals surface area contributed by atoms with Crippen LogP contribution in [0.15, 0.2) is 42.2 Å². The summed E-state index contributed by atoms with van der Waals surface area (Å²) < 4.78 is 34.5. The van der Waals surface area contributed by atoms with E-state index in [0.29, 0.717) is 30.6 Å². The number of benzene rings is 1. The topological polar surface area (TPSA) is 88.1 Å². The zero-order valence-corrected chi connectivity index (χ0v) is 19.1. The number of carbonyl (C=O) groups excluding carboxylic acids is 2. The number of Topliss-reactive ketones (excluding diaryl/α,β-unsaturated/α-hetero) is 1. The summed E-state index contributed by atoms with van der Waals surface area (Å²) in [5, 5.41) is 0. The lowest BCUT2D eigenvalue weighted by atomic mass is 9.66. The van der Waals surface area contributed by atoms with Crippen LogP contribution in [0.2, 0.25) is 0 Å². The van der Waals surface area contributed by atoms with E-state index in [1.54, 1.807) is 38.1 Å². The molecule has 0 amide bonds. The summed E-state index contributed by atoms with van der Waals surface area (Å²) in [6, 6.07) is 8.81. The molecule has 170 valence electrons. The number of ether oxygens (including phenoxy) is 1. The number of carbonyl (C=O) groups is 2. The number of ketones is 1. The highest BCUT2D eigenvalue weighted by atomic mass is 31.2. The first kappa shape index (κ1) is 23.7. The second-order valence-corrected chi connectivity index (χ2v) is 9.40. The Bertz CT molecular complexity index is 826. The monoisotopic (exact) mass is 450 g/mol. The molecule has 1 fully saturated rings. The van der Waals surface area contributed by atoms with Crippen molar-refractivity contribution in [3.8, 4) is 0 Å². The minimum Gasteiger partial charge on any atom is -0.462 e. The van der Waals surface area contributed by atoms with Gasteiger partial charge in [-0.15, -0.1) is 0 Å². The minimum absolute atomic E-state index is 0.118. The van der Waals surface area contributed by atoms with E-state index < -0.39 is 7.82 Å². The average molecular weight is 450 g/mol. The van der Waals surface area contributed by atoms with E-state index in [0.717, 1.165) is 12.8 Å². The first-order valence-corrected chi connectivity index (χ1v) is 12.5. The highest BCUT2D eigenvalue weighted by molar-refractivity contribution is 7.48. The van der Waals surface area contributed by atoms with E-state index in [4.69, 9.17) is 18.3 Å². The highest BCUT2D eigenvalue weighted by Crippen LogP contribution is 2.54. The molecule has 0 N–H and O–H groups in total. The number of esters is 1. The van der Waals surface area contributed by atoms with Gasteiger partial charge in [-0.1, -0.05) is 18.2 Å². The van der Waals surface area contributed by atoms with Crippen LogP contribution >= 0.6 is 7.82 Å². The van der Waals surface area contributed by atoms with Gasteiger partial charge in [-0.2, -0.15) is 0 Å². The van der Waals surface area contributed by atoms with Crippen LogP contribution in [0.25, 0.3) is 0 Å². The molecule has 0 bridgehead atoms. The molecule has 2 aliphatic carbocycles. The molecule has 1 aromatic rings. The van der Waals surface area contributed by atoms with Crippen molar-refractivity contribution in [2.24, 2.45) is 17.8 Å². The SMILES string of the molecule is CCOP(=O)(OCC)OC1=CC(CCOC(=O)c2ccccc2)C2C(=O)CCCC2C1. The van der Waals surface area contributed by atoms with Crippen molar-refractivity contribution in [1.82, 2.24) is 0 Å². The van der Waals surface area contributed by atoms with E-state index >= 15 is 0 Å². The molecule has 31 heavy (non-hydrogen) atoms. The van der Waals surface area contributed by atoms with Crippen molar-refractivity contribution in [3.05, 3.63) is 47.7 Å². The lowest BCUT2D eigenvalue weighted by molar-refractivity contribution is -0.129. The van der Waals surface area contributed by atoms with Crippen LogP contribution in [0.1, 0.15) is 56.3 Å². The molecule has 3 rings (SSSR count). The largest absolute Gasteiger partial charge is 0.529 e. The lowest BCUT2D eigenvalue weighted by Crippen LogP contribution is -2.37. The quantitative estimate of drug-likeness (QED) is 0.352. The van der Waals surface area contributed by atoms with Crippen LogP contribution < -0.4 is 0 Å². The fraction of sp³-hybridized carbons (Fsp3) is 0.565. The number of phosphoric acid groups is 1. The summed E-state index contributed by atoms with van der Waals surface area (Å²) in [5.41, 5.74) is 0.492. The zero-order chi connectivity index (χ0) is 22.3. The van der Waals surface area contributed by atoms with Gasteiger partial charge in [-0.25, -0.2) is 9.36 Å². The first-order valence-electron chi connectivity index (χ1n) is 11.0. The van der Waals surface area contributed by atoms with Gasteiger partial charge >= 0.3 is 13.8 Å². The molecule has 8 heteroatoms. The number of phosphoric ester groups is 1. The van der Waals surface area contributed by atoms with Gasteiger partial charge in [-0.05, 0) is 63.2 Å². The van der Waals surface area contributed by atoms with E-state index in [1.807, 2.05) is 12.1 Å². The van der Waals surface area contributed by atoms with Crippen molar-refractivity contribution < 1.29 is 32.5 Å². The van der Waals surface area contributed by atoms with Gasteiger partial charge in [-0.3, -0.25) is 13.8 Å². The van der Waals surface area contributed by atoms with Crippen molar-refractivity contribution in [2.45, 2.75) is 46.0 Å². The van der Waals surface area contributed by atoms with Gasteiger partial charge in [0.15, 0.2) is 0 Å². The summed E-state index contributed by atoms with van der Waals surface area (Å²) in [4.78, 5) is 24.9. The van der Waals surface area contributed by atoms with E-state index in [1.165, 1.54) is 0 Å². The summed E-state index contributed by atoms with van der Waals surface area (Å²) in [6.07, 6.45) is 5.20. The lowest BCUT2D eigenvalue weighted by Gasteiger charge is -2.39. The van der Waals surface area contributed by atoms with Crippen molar-refractivity contribution >= 4 is 19.6 Å². The van der Waals surface area contributed by atoms with Gasteiger partial charge in [0.1, 0.15) is 11.5 Å². The van der Waals surface area contributed by atoms with E-state index in [2.05, 4.69) is 0 Å². The number of hydrogen-bond donors (Lipinski definition) is 0. The van der Waals surface area contributed by atoms with Crippen molar-refractivity contribution in [3.63, 3.8) is 0 Å². The number of rotatable bonds is 10. The van der Waals surface area contributed by atoms with E-state index in [-0.39, 0.29) is 49.3 Å². The van der Waals surface area contributed by atoms with Crippen LogP contribution in [0, 0.1) is 17.8 Å². The molecule has 0 aliphatic heterocycles. The normalized spacial score (nSPS) is 23.6. The van der Waals surface area contributed by atoms with Gasteiger partial charge in [0.25, 0.3) is 0 Å².